The maximum Gasteiger partial charge on any atom is 0.0726 e. The lowest BCUT2D eigenvalue weighted by atomic mass is 9.70. The quantitative estimate of drug-likeness (QED) is 0.165. The fourth-order valence-corrected chi connectivity index (χ4v) is 11.8. The molecule has 290 valence electrons. The first-order valence-electron chi connectivity index (χ1n) is 21.3. The monoisotopic (exact) mass is 806 g/mol. The van der Waals surface area contributed by atoms with Crippen molar-refractivity contribution in [3.8, 4) is 22.3 Å². The number of para-hydroxylation sites is 2. The molecule has 11 aromatic rings. The molecule has 0 saturated carbocycles. The average Bonchev–Trinajstić information content (AvgIpc) is 3.97. The molecule has 3 heteroatoms. The summed E-state index contributed by atoms with van der Waals surface area (Å²) < 4.78 is 2.55. The minimum atomic E-state index is -0.515. The van der Waals surface area contributed by atoms with Crippen LogP contribution in [0.3, 0.4) is 0 Å². The summed E-state index contributed by atoms with van der Waals surface area (Å²) in [5.41, 5.74) is 16.5. The van der Waals surface area contributed by atoms with Gasteiger partial charge in [0.1, 0.15) is 0 Å². The first kappa shape index (κ1) is 35.1. The van der Waals surface area contributed by atoms with E-state index in [4.69, 9.17) is 0 Å². The van der Waals surface area contributed by atoms with E-state index in [1.165, 1.54) is 75.5 Å². The Morgan fingerprint density at radius 2 is 0.839 bits per heavy atom. The summed E-state index contributed by atoms with van der Waals surface area (Å²) in [6.45, 7) is 0. The highest BCUT2D eigenvalue weighted by Crippen LogP contribution is 2.65. The van der Waals surface area contributed by atoms with Gasteiger partial charge in [-0.25, -0.2) is 0 Å². The number of thiophene rings is 1. The molecular formula is C59H38N2S. The summed E-state index contributed by atoms with van der Waals surface area (Å²) in [6.07, 6.45) is 0. The van der Waals surface area contributed by atoms with Crippen molar-refractivity contribution < 1.29 is 0 Å². The molecule has 62 heavy (non-hydrogen) atoms. The molecule has 1 aromatic heterocycles. The van der Waals surface area contributed by atoms with Crippen molar-refractivity contribution in [2.45, 2.75) is 5.41 Å². The van der Waals surface area contributed by atoms with E-state index in [9.17, 15) is 0 Å². The molecular weight excluding hydrogens is 769 g/mol. The molecule has 13 rings (SSSR count). The second-order valence-corrected chi connectivity index (χ2v) is 17.5. The van der Waals surface area contributed by atoms with E-state index in [2.05, 4.69) is 240 Å². The van der Waals surface area contributed by atoms with E-state index in [0.717, 1.165) is 34.1 Å². The Hall–Kier alpha value is -7.72. The van der Waals surface area contributed by atoms with Gasteiger partial charge in [0, 0.05) is 37.2 Å². The zero-order chi connectivity index (χ0) is 40.8. The van der Waals surface area contributed by atoms with Gasteiger partial charge in [-0.3, -0.25) is 0 Å². The Kier molecular flexibility index (Phi) is 7.72. The number of anilines is 6. The molecule has 1 spiro atoms. The van der Waals surface area contributed by atoms with Gasteiger partial charge in [0.05, 0.1) is 22.5 Å². The van der Waals surface area contributed by atoms with Gasteiger partial charge in [-0.15, -0.1) is 11.3 Å². The molecule has 0 N–H and O–H groups in total. The van der Waals surface area contributed by atoms with Gasteiger partial charge in [0.25, 0.3) is 0 Å². The maximum atomic E-state index is 2.55. The Morgan fingerprint density at radius 3 is 1.53 bits per heavy atom. The summed E-state index contributed by atoms with van der Waals surface area (Å²) >= 11 is 1.86. The van der Waals surface area contributed by atoms with Gasteiger partial charge in [-0.1, -0.05) is 164 Å². The number of rotatable bonds is 6. The van der Waals surface area contributed by atoms with Crippen molar-refractivity contribution in [1.82, 2.24) is 0 Å². The second kappa shape index (κ2) is 13.7. The van der Waals surface area contributed by atoms with Crippen molar-refractivity contribution in [3.63, 3.8) is 0 Å². The fraction of sp³-hybridized carbons (Fsp3) is 0.0169. The summed E-state index contributed by atoms with van der Waals surface area (Å²) in [5.74, 6) is 0. The van der Waals surface area contributed by atoms with Gasteiger partial charge in [-0.05, 0) is 122 Å². The van der Waals surface area contributed by atoms with E-state index < -0.39 is 5.41 Å². The molecule has 0 radical (unpaired) electrons. The van der Waals surface area contributed by atoms with Crippen LogP contribution in [0.4, 0.5) is 34.1 Å². The highest BCUT2D eigenvalue weighted by atomic mass is 32.1. The number of hydrogen-bond acceptors (Lipinski definition) is 3. The Bertz CT molecular complexity index is 3500. The SMILES string of the molecule is c1ccc(N(c2ccc3ccccc3c2)c2cc3c(cc2N(c2ccccc2)c2cccc4sc5ccccc5c24)-c2ccccc2C32c3ccccc3-c3ccccc32)cc1. The summed E-state index contributed by atoms with van der Waals surface area (Å²) in [7, 11) is 0. The lowest BCUT2D eigenvalue weighted by Crippen LogP contribution is -2.26. The summed E-state index contributed by atoms with van der Waals surface area (Å²) in [4.78, 5) is 5.02. The summed E-state index contributed by atoms with van der Waals surface area (Å²) in [6, 6.07) is 85.5. The minimum Gasteiger partial charge on any atom is -0.308 e. The van der Waals surface area contributed by atoms with Gasteiger partial charge in [-0.2, -0.15) is 0 Å². The van der Waals surface area contributed by atoms with Crippen LogP contribution in [-0.4, -0.2) is 0 Å². The number of hydrogen-bond donors (Lipinski definition) is 0. The van der Waals surface area contributed by atoms with Crippen LogP contribution in [0, 0.1) is 0 Å². The molecule has 1 heterocycles. The third-order valence-electron chi connectivity index (χ3n) is 13.2. The Balaban J connectivity index is 1.20. The minimum absolute atomic E-state index is 0.515. The zero-order valence-corrected chi connectivity index (χ0v) is 34.6. The molecule has 2 nitrogen and oxygen atoms in total. The van der Waals surface area contributed by atoms with Gasteiger partial charge in [0.15, 0.2) is 0 Å². The fourth-order valence-electron chi connectivity index (χ4n) is 10.7. The molecule has 0 bridgehead atoms. The van der Waals surface area contributed by atoms with Crippen molar-refractivity contribution >= 4 is 76.4 Å². The first-order chi connectivity index (χ1) is 30.8. The lowest BCUT2D eigenvalue weighted by molar-refractivity contribution is 0.793. The largest absolute Gasteiger partial charge is 0.308 e. The third-order valence-corrected chi connectivity index (χ3v) is 14.4. The van der Waals surface area contributed by atoms with E-state index in [1.807, 2.05) is 11.3 Å². The van der Waals surface area contributed by atoms with Gasteiger partial charge >= 0.3 is 0 Å². The number of benzene rings is 10. The van der Waals surface area contributed by atoms with Gasteiger partial charge in [0.2, 0.25) is 0 Å². The van der Waals surface area contributed by atoms with Crippen LogP contribution in [0.15, 0.2) is 231 Å². The maximum absolute atomic E-state index is 2.55. The average molecular weight is 807 g/mol. The van der Waals surface area contributed by atoms with E-state index in [-0.39, 0.29) is 0 Å². The van der Waals surface area contributed by atoms with Crippen LogP contribution in [-0.2, 0) is 5.41 Å². The molecule has 2 aliphatic rings. The van der Waals surface area contributed by atoms with Crippen LogP contribution in [0.25, 0.3) is 53.2 Å². The highest BCUT2D eigenvalue weighted by molar-refractivity contribution is 7.26. The molecule has 10 aromatic carbocycles. The Morgan fingerprint density at radius 1 is 0.306 bits per heavy atom. The van der Waals surface area contributed by atoms with Gasteiger partial charge < -0.3 is 9.80 Å². The van der Waals surface area contributed by atoms with E-state index in [1.54, 1.807) is 0 Å². The number of nitrogens with zero attached hydrogens (tertiary/aromatic N) is 2. The molecule has 0 amide bonds. The third kappa shape index (κ3) is 4.97. The highest BCUT2D eigenvalue weighted by Gasteiger charge is 2.52. The molecule has 0 unspecified atom stereocenters. The standard InChI is InChI=1S/C59H38N2S/c1-3-20-41(21-4-1)60(43-35-34-39-18-7-8-19-40(39)36-43)55-38-52-48(46-26-11-15-30-51(46)59(52)49-28-13-9-24-44(49)45-25-10-14-29-50(45)59)37-54(55)61(42-22-5-2-6-23-42)53-31-17-33-57-58(53)47-27-12-16-32-56(47)62-57/h1-38H. The normalized spacial score (nSPS) is 13.0. The zero-order valence-electron chi connectivity index (χ0n) is 33.7. The molecule has 2 aliphatic carbocycles. The van der Waals surface area contributed by atoms with Crippen LogP contribution in [0.1, 0.15) is 22.3 Å². The second-order valence-electron chi connectivity index (χ2n) is 16.4. The number of fused-ring (bicyclic) bond motifs is 14. The molecule has 0 saturated heterocycles. The van der Waals surface area contributed by atoms with Crippen LogP contribution in [0.5, 0.6) is 0 Å². The Labute approximate surface area is 364 Å². The molecule has 0 fully saturated rings. The lowest BCUT2D eigenvalue weighted by Gasteiger charge is -2.36. The first-order valence-corrected chi connectivity index (χ1v) is 22.2. The predicted molar refractivity (Wildman–Crippen MR) is 263 cm³/mol. The van der Waals surface area contributed by atoms with E-state index in [0.29, 0.717) is 0 Å². The van der Waals surface area contributed by atoms with Crippen LogP contribution >= 0.6 is 11.3 Å². The topological polar surface area (TPSA) is 6.48 Å². The van der Waals surface area contributed by atoms with Crippen molar-refractivity contribution in [2.75, 3.05) is 9.80 Å². The van der Waals surface area contributed by atoms with Crippen LogP contribution in [0.2, 0.25) is 0 Å². The molecule has 0 aliphatic heterocycles. The van der Waals surface area contributed by atoms with Crippen LogP contribution < -0.4 is 9.80 Å². The van der Waals surface area contributed by atoms with Crippen molar-refractivity contribution in [2.24, 2.45) is 0 Å². The van der Waals surface area contributed by atoms with E-state index >= 15 is 0 Å². The summed E-state index contributed by atoms with van der Waals surface area (Å²) in [5, 5.41) is 4.94. The molecule has 0 atom stereocenters. The predicted octanol–water partition coefficient (Wildman–Crippen LogP) is 16.5. The smallest absolute Gasteiger partial charge is 0.0726 e. The van der Waals surface area contributed by atoms with Crippen molar-refractivity contribution in [1.29, 1.82) is 0 Å². The van der Waals surface area contributed by atoms with Crippen molar-refractivity contribution in [3.05, 3.63) is 253 Å².